The van der Waals surface area contributed by atoms with E-state index in [1.807, 2.05) is 22.6 Å². The SMILES string of the molecule is O=C(O)c1cc(F)c(Nc2ccc(F)cc2I)c(F)c1. The monoisotopic (exact) mass is 393 g/mol. The number of aromatic carboxylic acids is 1. The lowest BCUT2D eigenvalue weighted by Crippen LogP contribution is -2.04. The van der Waals surface area contributed by atoms with E-state index in [-0.39, 0.29) is 0 Å². The lowest BCUT2D eigenvalue weighted by molar-refractivity contribution is 0.0696. The van der Waals surface area contributed by atoms with Gasteiger partial charge in [-0.15, -0.1) is 0 Å². The van der Waals surface area contributed by atoms with Crippen LogP contribution in [-0.4, -0.2) is 11.1 Å². The van der Waals surface area contributed by atoms with Gasteiger partial charge in [-0.2, -0.15) is 0 Å². The van der Waals surface area contributed by atoms with E-state index in [0.29, 0.717) is 21.4 Å². The van der Waals surface area contributed by atoms with Crippen LogP contribution in [0.4, 0.5) is 24.5 Å². The van der Waals surface area contributed by atoms with Gasteiger partial charge in [-0.3, -0.25) is 0 Å². The standard InChI is InChI=1S/C13H7F3INO2/c14-7-1-2-11(10(17)5-7)18-12-8(15)3-6(13(19)20)4-9(12)16/h1-5,18H,(H,19,20). The zero-order valence-corrected chi connectivity index (χ0v) is 11.9. The Morgan fingerprint density at radius 3 is 2.20 bits per heavy atom. The van der Waals surface area contributed by atoms with Crippen LogP contribution >= 0.6 is 22.6 Å². The minimum absolute atomic E-state index is 0.313. The molecule has 0 amide bonds. The van der Waals surface area contributed by atoms with E-state index in [1.165, 1.54) is 12.1 Å². The molecule has 0 unspecified atom stereocenters. The van der Waals surface area contributed by atoms with E-state index < -0.39 is 34.7 Å². The third-order valence-corrected chi connectivity index (χ3v) is 3.37. The molecule has 0 spiro atoms. The van der Waals surface area contributed by atoms with Crippen molar-refractivity contribution < 1.29 is 23.1 Å². The van der Waals surface area contributed by atoms with Crippen LogP contribution in [0.1, 0.15) is 10.4 Å². The largest absolute Gasteiger partial charge is 0.478 e. The molecule has 7 heteroatoms. The number of nitrogens with one attached hydrogen (secondary N) is 1. The Hall–Kier alpha value is -1.77. The average molecular weight is 393 g/mol. The molecule has 2 rings (SSSR count). The van der Waals surface area contributed by atoms with Crippen molar-refractivity contribution in [2.24, 2.45) is 0 Å². The van der Waals surface area contributed by atoms with Crippen LogP contribution in [-0.2, 0) is 0 Å². The number of benzene rings is 2. The Balaban J connectivity index is 2.41. The van der Waals surface area contributed by atoms with Crippen molar-refractivity contribution in [3.8, 4) is 0 Å². The minimum atomic E-state index is -1.43. The van der Waals surface area contributed by atoms with Crippen molar-refractivity contribution in [3.05, 3.63) is 56.9 Å². The van der Waals surface area contributed by atoms with Gasteiger partial charge >= 0.3 is 5.97 Å². The predicted molar refractivity (Wildman–Crippen MR) is 75.7 cm³/mol. The zero-order chi connectivity index (χ0) is 14.9. The molecule has 0 saturated heterocycles. The first kappa shape index (κ1) is 14.6. The quantitative estimate of drug-likeness (QED) is 0.771. The molecule has 0 aromatic heterocycles. The van der Waals surface area contributed by atoms with Gasteiger partial charge in [-0.25, -0.2) is 18.0 Å². The zero-order valence-electron chi connectivity index (χ0n) is 9.75. The first-order chi connectivity index (χ1) is 9.38. The molecular formula is C13H7F3INO2. The molecule has 2 aromatic rings. The highest BCUT2D eigenvalue weighted by Crippen LogP contribution is 2.28. The fourth-order valence-corrected chi connectivity index (χ4v) is 2.15. The van der Waals surface area contributed by atoms with E-state index in [2.05, 4.69) is 5.32 Å². The van der Waals surface area contributed by atoms with Crippen molar-refractivity contribution in [1.29, 1.82) is 0 Å². The molecule has 2 N–H and O–H groups in total. The molecule has 2 aromatic carbocycles. The molecule has 0 heterocycles. The molecule has 0 bridgehead atoms. The highest BCUT2D eigenvalue weighted by molar-refractivity contribution is 14.1. The first-order valence-corrected chi connectivity index (χ1v) is 6.41. The summed E-state index contributed by atoms with van der Waals surface area (Å²) in [5.74, 6) is -3.97. The Bertz CT molecular complexity index is 668. The van der Waals surface area contributed by atoms with Crippen LogP contribution in [0.2, 0.25) is 0 Å². The number of halogens is 4. The van der Waals surface area contributed by atoms with Gasteiger partial charge < -0.3 is 10.4 Å². The maximum atomic E-state index is 13.7. The topological polar surface area (TPSA) is 49.3 Å². The number of hydrogen-bond acceptors (Lipinski definition) is 2. The van der Waals surface area contributed by atoms with E-state index in [1.54, 1.807) is 0 Å². The van der Waals surface area contributed by atoms with Crippen LogP contribution < -0.4 is 5.32 Å². The van der Waals surface area contributed by atoms with Crippen molar-refractivity contribution >= 4 is 39.9 Å². The maximum absolute atomic E-state index is 13.7. The fraction of sp³-hybridized carbons (Fsp3) is 0. The second-order valence-corrected chi connectivity index (χ2v) is 5.03. The molecule has 0 aliphatic heterocycles. The normalized spacial score (nSPS) is 10.4. The highest BCUT2D eigenvalue weighted by Gasteiger charge is 2.15. The van der Waals surface area contributed by atoms with Gasteiger partial charge in [0.15, 0.2) is 11.6 Å². The van der Waals surface area contributed by atoms with Crippen molar-refractivity contribution in [1.82, 2.24) is 0 Å². The summed E-state index contributed by atoms with van der Waals surface area (Å²) in [6.07, 6.45) is 0. The number of rotatable bonds is 3. The van der Waals surface area contributed by atoms with Gasteiger partial charge in [0, 0.05) is 3.57 Å². The van der Waals surface area contributed by atoms with Crippen LogP contribution in [0.25, 0.3) is 0 Å². The number of carbonyl (C=O) groups is 1. The summed E-state index contributed by atoms with van der Waals surface area (Å²) < 4.78 is 40.8. The smallest absolute Gasteiger partial charge is 0.335 e. The molecule has 0 aliphatic rings. The second-order valence-electron chi connectivity index (χ2n) is 3.87. The minimum Gasteiger partial charge on any atom is -0.478 e. The Morgan fingerprint density at radius 2 is 1.70 bits per heavy atom. The number of anilines is 2. The molecule has 0 atom stereocenters. The molecule has 3 nitrogen and oxygen atoms in total. The predicted octanol–water partition coefficient (Wildman–Crippen LogP) is 4.15. The summed E-state index contributed by atoms with van der Waals surface area (Å²) >= 11 is 1.81. The summed E-state index contributed by atoms with van der Waals surface area (Å²) in [5, 5.41) is 11.2. The summed E-state index contributed by atoms with van der Waals surface area (Å²) in [6.45, 7) is 0. The molecule has 0 saturated carbocycles. The van der Waals surface area contributed by atoms with Crippen LogP contribution in [0.5, 0.6) is 0 Å². The van der Waals surface area contributed by atoms with Gasteiger partial charge in [-0.1, -0.05) is 0 Å². The van der Waals surface area contributed by atoms with E-state index in [9.17, 15) is 18.0 Å². The number of carboxylic acids is 1. The highest BCUT2D eigenvalue weighted by atomic mass is 127. The molecule has 0 aliphatic carbocycles. The Kier molecular flexibility index (Phi) is 4.17. The van der Waals surface area contributed by atoms with Crippen LogP contribution in [0.3, 0.4) is 0 Å². The van der Waals surface area contributed by atoms with Crippen molar-refractivity contribution in [3.63, 3.8) is 0 Å². The maximum Gasteiger partial charge on any atom is 0.335 e. The third-order valence-electron chi connectivity index (χ3n) is 2.48. The molecule has 0 radical (unpaired) electrons. The van der Waals surface area contributed by atoms with Crippen LogP contribution in [0.15, 0.2) is 30.3 Å². The number of hydrogen-bond donors (Lipinski definition) is 2. The van der Waals surface area contributed by atoms with Gasteiger partial charge in [0.2, 0.25) is 0 Å². The third kappa shape index (κ3) is 3.03. The van der Waals surface area contributed by atoms with E-state index >= 15 is 0 Å². The Labute approximate surface area is 125 Å². The average Bonchev–Trinajstić information content (AvgIpc) is 2.35. The van der Waals surface area contributed by atoms with Crippen molar-refractivity contribution in [2.75, 3.05) is 5.32 Å². The van der Waals surface area contributed by atoms with Crippen molar-refractivity contribution in [2.45, 2.75) is 0 Å². The summed E-state index contributed by atoms with van der Waals surface area (Å²) in [5.41, 5.74) is -0.660. The lowest BCUT2D eigenvalue weighted by Gasteiger charge is -2.11. The lowest BCUT2D eigenvalue weighted by atomic mass is 10.1. The van der Waals surface area contributed by atoms with Gasteiger partial charge in [0.25, 0.3) is 0 Å². The molecule has 104 valence electrons. The van der Waals surface area contributed by atoms with Crippen LogP contribution in [0, 0.1) is 21.0 Å². The van der Waals surface area contributed by atoms with Gasteiger partial charge in [-0.05, 0) is 52.9 Å². The Morgan fingerprint density at radius 1 is 1.10 bits per heavy atom. The molecule has 20 heavy (non-hydrogen) atoms. The fourth-order valence-electron chi connectivity index (χ4n) is 1.54. The summed E-state index contributed by atoms with van der Waals surface area (Å²) in [6, 6.07) is 5.10. The number of carboxylic acid groups (broad SMARTS) is 1. The summed E-state index contributed by atoms with van der Waals surface area (Å²) in [7, 11) is 0. The van der Waals surface area contributed by atoms with E-state index in [4.69, 9.17) is 5.11 Å². The van der Waals surface area contributed by atoms with Gasteiger partial charge in [0.1, 0.15) is 11.5 Å². The molecular weight excluding hydrogens is 386 g/mol. The summed E-state index contributed by atoms with van der Waals surface area (Å²) in [4.78, 5) is 10.7. The molecule has 0 fully saturated rings. The van der Waals surface area contributed by atoms with E-state index in [0.717, 1.165) is 6.07 Å². The first-order valence-electron chi connectivity index (χ1n) is 5.33. The second kappa shape index (κ2) is 5.70. The van der Waals surface area contributed by atoms with Gasteiger partial charge in [0.05, 0.1) is 11.3 Å².